The Hall–Kier alpha value is -2.63. The van der Waals surface area contributed by atoms with Crippen LogP contribution in [0, 0.1) is 0 Å². The Balaban J connectivity index is 4.22. The number of ether oxygens (including phenoxy) is 3. The Labute approximate surface area is 467 Å². The van der Waals surface area contributed by atoms with Crippen LogP contribution in [-0.2, 0) is 28.6 Å². The molecule has 0 N–H and O–H groups in total. The van der Waals surface area contributed by atoms with Gasteiger partial charge in [-0.2, -0.15) is 0 Å². The van der Waals surface area contributed by atoms with Gasteiger partial charge in [0.15, 0.2) is 6.10 Å². The van der Waals surface area contributed by atoms with Crippen molar-refractivity contribution >= 4 is 17.9 Å². The van der Waals surface area contributed by atoms with Crippen molar-refractivity contribution in [3.8, 4) is 0 Å². The van der Waals surface area contributed by atoms with Crippen molar-refractivity contribution in [2.45, 2.75) is 361 Å². The third-order valence-electron chi connectivity index (χ3n) is 14.9. The minimum Gasteiger partial charge on any atom is -0.462 e. The van der Waals surface area contributed by atoms with E-state index in [1.165, 1.54) is 244 Å². The van der Waals surface area contributed by atoms with Gasteiger partial charge >= 0.3 is 17.9 Å². The summed E-state index contributed by atoms with van der Waals surface area (Å²) in [5.74, 6) is -0.952. The fraction of sp³-hybridized carbons (Fsp3) is 0.841. The SMILES string of the molecule is CC/C=C\C/C=C\C/C=C\C/C=C\CCC(=O)OCC(COC(=O)CCCCCCCCCCCCCCCCCCCCCCCCCCCCC)OC(=O)CCCCCCCCCCCCCCCCCCC. The number of esters is 3. The van der Waals surface area contributed by atoms with Crippen LogP contribution >= 0.6 is 0 Å². The van der Waals surface area contributed by atoms with Crippen molar-refractivity contribution in [3.05, 3.63) is 48.6 Å². The molecule has 0 amide bonds. The molecule has 0 rings (SSSR count). The maximum Gasteiger partial charge on any atom is 0.306 e. The summed E-state index contributed by atoms with van der Waals surface area (Å²) in [6, 6.07) is 0. The van der Waals surface area contributed by atoms with Crippen molar-refractivity contribution in [2.24, 2.45) is 0 Å². The average Bonchev–Trinajstić information content (AvgIpc) is 3.41. The molecule has 1 unspecified atom stereocenters. The lowest BCUT2D eigenvalue weighted by Crippen LogP contribution is -2.30. The Kier molecular flexibility index (Phi) is 61.7. The van der Waals surface area contributed by atoms with E-state index >= 15 is 0 Å². The summed E-state index contributed by atoms with van der Waals surface area (Å²) in [5, 5.41) is 0. The summed E-state index contributed by atoms with van der Waals surface area (Å²) in [7, 11) is 0. The van der Waals surface area contributed by atoms with Gasteiger partial charge < -0.3 is 14.2 Å². The Bertz CT molecular complexity index is 1300. The summed E-state index contributed by atoms with van der Waals surface area (Å²) < 4.78 is 16.9. The van der Waals surface area contributed by atoms with Crippen LogP contribution in [0.25, 0.3) is 0 Å². The van der Waals surface area contributed by atoms with E-state index in [4.69, 9.17) is 14.2 Å². The van der Waals surface area contributed by atoms with Crippen LogP contribution in [0.4, 0.5) is 0 Å². The van der Waals surface area contributed by atoms with Gasteiger partial charge in [0.1, 0.15) is 13.2 Å². The molecule has 0 aliphatic heterocycles. The number of carbonyl (C=O) groups excluding carboxylic acids is 3. The lowest BCUT2D eigenvalue weighted by atomic mass is 10.0. The Morgan fingerprint density at radius 3 is 0.813 bits per heavy atom. The molecule has 0 heterocycles. The predicted octanol–water partition coefficient (Wildman–Crippen LogP) is 22.6. The molecular formula is C69H126O6. The van der Waals surface area contributed by atoms with Crippen LogP contribution in [0.3, 0.4) is 0 Å². The molecule has 0 spiro atoms. The molecular weight excluding hydrogens is 925 g/mol. The quantitative estimate of drug-likeness (QED) is 0.0261. The van der Waals surface area contributed by atoms with Crippen LogP contribution in [0.1, 0.15) is 355 Å². The number of hydrogen-bond acceptors (Lipinski definition) is 6. The predicted molar refractivity (Wildman–Crippen MR) is 325 cm³/mol. The molecule has 6 heteroatoms. The van der Waals surface area contributed by atoms with E-state index in [-0.39, 0.29) is 37.5 Å². The van der Waals surface area contributed by atoms with E-state index in [0.29, 0.717) is 19.3 Å². The summed E-state index contributed by atoms with van der Waals surface area (Å²) in [4.78, 5) is 38.2. The molecule has 75 heavy (non-hydrogen) atoms. The second kappa shape index (κ2) is 63.9. The van der Waals surface area contributed by atoms with Crippen LogP contribution in [-0.4, -0.2) is 37.2 Å². The van der Waals surface area contributed by atoms with Gasteiger partial charge in [-0.25, -0.2) is 0 Å². The van der Waals surface area contributed by atoms with Gasteiger partial charge in [-0.15, -0.1) is 0 Å². The standard InChI is InChI=1S/C69H126O6/c1-4-7-10-13-16-19-22-25-27-29-30-31-32-33-34-35-36-37-38-40-41-44-47-50-53-56-59-62-68(71)74-65-66(64-73-67(70)61-58-55-52-49-46-43-24-21-18-15-12-9-6-3)75-69(72)63-60-57-54-51-48-45-42-39-28-26-23-20-17-14-11-8-5-2/h9,12,18,21,43,46,52,55,66H,4-8,10-11,13-17,19-20,22-42,44-45,47-51,53-54,56-65H2,1-3H3/b12-9-,21-18-,46-43-,55-52-. The van der Waals surface area contributed by atoms with Crippen LogP contribution in [0.2, 0.25) is 0 Å². The molecule has 438 valence electrons. The fourth-order valence-corrected chi connectivity index (χ4v) is 9.93. The Morgan fingerprint density at radius 1 is 0.280 bits per heavy atom. The molecule has 6 nitrogen and oxygen atoms in total. The zero-order valence-corrected chi connectivity index (χ0v) is 50.3. The first-order valence-corrected chi connectivity index (χ1v) is 33.1. The number of rotatable bonds is 61. The van der Waals surface area contributed by atoms with Crippen LogP contribution in [0.15, 0.2) is 48.6 Å². The molecule has 0 aromatic heterocycles. The number of hydrogen-bond donors (Lipinski definition) is 0. The van der Waals surface area contributed by atoms with Crippen LogP contribution < -0.4 is 0 Å². The van der Waals surface area contributed by atoms with E-state index in [9.17, 15) is 14.4 Å². The van der Waals surface area contributed by atoms with E-state index < -0.39 is 6.10 Å². The van der Waals surface area contributed by atoms with Gasteiger partial charge in [0.2, 0.25) is 0 Å². The maximum atomic E-state index is 12.9. The molecule has 0 aliphatic rings. The van der Waals surface area contributed by atoms with Gasteiger partial charge in [-0.1, -0.05) is 339 Å². The summed E-state index contributed by atoms with van der Waals surface area (Å²) in [6.45, 7) is 6.52. The maximum absolute atomic E-state index is 12.9. The first-order chi connectivity index (χ1) is 37.0. The molecule has 0 saturated carbocycles. The van der Waals surface area contributed by atoms with Gasteiger partial charge in [0.25, 0.3) is 0 Å². The molecule has 0 aromatic rings. The highest BCUT2D eigenvalue weighted by Gasteiger charge is 2.19. The molecule has 0 bridgehead atoms. The zero-order valence-electron chi connectivity index (χ0n) is 50.3. The lowest BCUT2D eigenvalue weighted by Gasteiger charge is -2.18. The van der Waals surface area contributed by atoms with E-state index in [2.05, 4.69) is 63.3 Å². The van der Waals surface area contributed by atoms with E-state index in [1.54, 1.807) is 0 Å². The van der Waals surface area contributed by atoms with Gasteiger partial charge in [-0.3, -0.25) is 14.4 Å². The minimum absolute atomic E-state index is 0.0900. The highest BCUT2D eigenvalue weighted by Crippen LogP contribution is 2.18. The van der Waals surface area contributed by atoms with Crippen LogP contribution in [0.5, 0.6) is 0 Å². The van der Waals surface area contributed by atoms with E-state index in [0.717, 1.165) is 64.2 Å². The van der Waals surface area contributed by atoms with Gasteiger partial charge in [0, 0.05) is 19.3 Å². The Morgan fingerprint density at radius 2 is 0.520 bits per heavy atom. The second-order valence-electron chi connectivity index (χ2n) is 22.4. The summed E-state index contributed by atoms with van der Waals surface area (Å²) >= 11 is 0. The van der Waals surface area contributed by atoms with E-state index in [1.807, 2.05) is 6.08 Å². The molecule has 0 aliphatic carbocycles. The highest BCUT2D eigenvalue weighted by molar-refractivity contribution is 5.71. The van der Waals surface area contributed by atoms with Gasteiger partial charge in [0.05, 0.1) is 0 Å². The number of unbranched alkanes of at least 4 members (excludes halogenated alkanes) is 42. The third-order valence-corrected chi connectivity index (χ3v) is 14.9. The molecule has 0 radical (unpaired) electrons. The molecule has 0 fully saturated rings. The van der Waals surface area contributed by atoms with Crippen molar-refractivity contribution in [1.82, 2.24) is 0 Å². The van der Waals surface area contributed by atoms with Crippen molar-refractivity contribution in [2.75, 3.05) is 13.2 Å². The lowest BCUT2D eigenvalue weighted by molar-refractivity contribution is -0.166. The smallest absolute Gasteiger partial charge is 0.306 e. The summed E-state index contributed by atoms with van der Waals surface area (Å²) in [6.07, 6.45) is 80.2. The third kappa shape index (κ3) is 62.1. The topological polar surface area (TPSA) is 78.9 Å². The second-order valence-corrected chi connectivity index (χ2v) is 22.4. The number of carbonyl (C=O) groups is 3. The van der Waals surface area contributed by atoms with Crippen molar-refractivity contribution in [3.63, 3.8) is 0 Å². The molecule has 1 atom stereocenters. The normalized spacial score (nSPS) is 12.3. The van der Waals surface area contributed by atoms with Gasteiger partial charge in [-0.05, 0) is 44.9 Å². The molecule has 0 saturated heterocycles. The minimum atomic E-state index is -0.799. The summed E-state index contributed by atoms with van der Waals surface area (Å²) in [5.41, 5.74) is 0. The molecule has 0 aromatic carbocycles. The number of allylic oxidation sites excluding steroid dienone is 8. The largest absolute Gasteiger partial charge is 0.462 e. The fourth-order valence-electron chi connectivity index (χ4n) is 9.93. The first kappa shape index (κ1) is 72.4. The zero-order chi connectivity index (χ0) is 54.3. The van der Waals surface area contributed by atoms with Crippen molar-refractivity contribution < 1.29 is 28.6 Å². The van der Waals surface area contributed by atoms with Crippen molar-refractivity contribution in [1.29, 1.82) is 0 Å². The monoisotopic (exact) mass is 1050 g/mol. The average molecular weight is 1050 g/mol. The first-order valence-electron chi connectivity index (χ1n) is 33.1. The highest BCUT2D eigenvalue weighted by atomic mass is 16.6.